The van der Waals surface area contributed by atoms with E-state index >= 15 is 0 Å². The van der Waals surface area contributed by atoms with Gasteiger partial charge in [0.25, 0.3) is 0 Å². The van der Waals surface area contributed by atoms with Gasteiger partial charge in [0.05, 0.1) is 5.69 Å². The van der Waals surface area contributed by atoms with Crippen molar-refractivity contribution in [3.63, 3.8) is 0 Å². The Kier molecular flexibility index (Phi) is 4.06. The van der Waals surface area contributed by atoms with E-state index in [0.717, 1.165) is 36.3 Å². The number of hydrogen-bond donors (Lipinski definition) is 1. The summed E-state index contributed by atoms with van der Waals surface area (Å²) < 4.78 is 1.92. The Bertz CT molecular complexity index is 975. The van der Waals surface area contributed by atoms with Crippen LogP contribution in [0.2, 0.25) is 0 Å². The highest BCUT2D eigenvalue weighted by Gasteiger charge is 2.06. The summed E-state index contributed by atoms with van der Waals surface area (Å²) in [5.41, 5.74) is 6.81. The molecule has 0 atom stereocenters. The molecule has 4 aromatic heterocycles. The summed E-state index contributed by atoms with van der Waals surface area (Å²) >= 11 is 0. The van der Waals surface area contributed by atoms with Gasteiger partial charge in [0.15, 0.2) is 0 Å². The Morgan fingerprint density at radius 3 is 2.72 bits per heavy atom. The first-order valence-electron chi connectivity index (χ1n) is 8.53. The van der Waals surface area contributed by atoms with E-state index in [4.69, 9.17) is 0 Å². The minimum atomic E-state index is 0.860. The third-order valence-electron chi connectivity index (χ3n) is 4.62. The summed E-state index contributed by atoms with van der Waals surface area (Å²) in [4.78, 5) is 12.2. The van der Waals surface area contributed by atoms with Crippen molar-refractivity contribution < 1.29 is 0 Å². The summed E-state index contributed by atoms with van der Waals surface area (Å²) in [5, 5.41) is 5.68. The largest absolute Gasteiger partial charge is 0.346 e. The van der Waals surface area contributed by atoms with Gasteiger partial charge in [0, 0.05) is 48.8 Å². The van der Waals surface area contributed by atoms with Gasteiger partial charge in [-0.05, 0) is 55.2 Å². The van der Waals surface area contributed by atoms with Crippen molar-refractivity contribution in [3.8, 4) is 0 Å². The molecule has 0 radical (unpaired) electrons. The number of pyridine rings is 2. The number of aryl methyl sites for hydroxylation is 4. The normalized spacial score (nSPS) is 11.3. The van der Waals surface area contributed by atoms with Crippen LogP contribution in [0.4, 0.5) is 0 Å². The van der Waals surface area contributed by atoms with E-state index < -0.39 is 0 Å². The fourth-order valence-corrected chi connectivity index (χ4v) is 3.10. The molecule has 5 heteroatoms. The molecule has 0 saturated carbocycles. The Morgan fingerprint density at radius 1 is 1.08 bits per heavy atom. The Balaban J connectivity index is 1.43. The maximum Gasteiger partial charge on any atom is 0.137 e. The number of H-pyrrole nitrogens is 1. The van der Waals surface area contributed by atoms with E-state index in [1.54, 1.807) is 0 Å². The zero-order valence-electron chi connectivity index (χ0n) is 14.5. The van der Waals surface area contributed by atoms with Crippen LogP contribution in [0.1, 0.15) is 28.2 Å². The lowest BCUT2D eigenvalue weighted by Crippen LogP contribution is -1.98. The number of aromatic nitrogens is 5. The second-order valence-electron chi connectivity index (χ2n) is 6.45. The molecule has 126 valence electrons. The predicted molar refractivity (Wildman–Crippen MR) is 98.5 cm³/mol. The fourth-order valence-electron chi connectivity index (χ4n) is 3.10. The number of hydrogen-bond acceptors (Lipinski definition) is 3. The van der Waals surface area contributed by atoms with Crippen molar-refractivity contribution in [2.24, 2.45) is 7.05 Å². The number of rotatable bonds is 5. The third kappa shape index (κ3) is 3.31. The molecule has 0 amide bonds. The van der Waals surface area contributed by atoms with Crippen LogP contribution in [0.5, 0.6) is 0 Å². The molecule has 0 saturated heterocycles. The Labute approximate surface area is 146 Å². The van der Waals surface area contributed by atoms with Crippen LogP contribution in [0.15, 0.2) is 48.9 Å². The third-order valence-corrected chi connectivity index (χ3v) is 4.62. The molecule has 4 rings (SSSR count). The zero-order chi connectivity index (χ0) is 17.2. The second-order valence-corrected chi connectivity index (χ2v) is 6.45. The lowest BCUT2D eigenvalue weighted by Gasteiger charge is -2.03. The average Bonchev–Trinajstić information content (AvgIpc) is 3.18. The molecule has 0 spiro atoms. The van der Waals surface area contributed by atoms with Crippen LogP contribution in [0.25, 0.3) is 11.0 Å². The molecule has 0 unspecified atom stereocenters. The van der Waals surface area contributed by atoms with Gasteiger partial charge < -0.3 is 4.98 Å². The molecule has 5 nitrogen and oxygen atoms in total. The minimum absolute atomic E-state index is 0.860. The monoisotopic (exact) mass is 331 g/mol. The molecular formula is C20H21N5. The predicted octanol–water partition coefficient (Wildman–Crippen LogP) is 3.38. The van der Waals surface area contributed by atoms with Crippen molar-refractivity contribution >= 4 is 11.0 Å². The number of nitrogens with one attached hydrogen (secondary N) is 1. The summed E-state index contributed by atoms with van der Waals surface area (Å²) in [5.74, 6) is 0. The summed E-state index contributed by atoms with van der Waals surface area (Å²) in [7, 11) is 1.98. The first kappa shape index (κ1) is 15.6. The fraction of sp³-hybridized carbons (Fsp3) is 0.250. The van der Waals surface area contributed by atoms with Crippen molar-refractivity contribution in [1.82, 2.24) is 24.7 Å². The number of aromatic amines is 1. The van der Waals surface area contributed by atoms with E-state index in [-0.39, 0.29) is 0 Å². The molecule has 25 heavy (non-hydrogen) atoms. The highest BCUT2D eigenvalue weighted by Crippen LogP contribution is 2.19. The number of fused-ring (bicyclic) bond motifs is 1. The van der Waals surface area contributed by atoms with Crippen molar-refractivity contribution in [2.75, 3.05) is 0 Å². The summed E-state index contributed by atoms with van der Waals surface area (Å²) in [6.45, 7) is 2.07. The molecule has 0 fully saturated rings. The Morgan fingerprint density at radius 2 is 1.96 bits per heavy atom. The van der Waals surface area contributed by atoms with E-state index in [1.165, 1.54) is 22.2 Å². The average molecular weight is 331 g/mol. The first-order chi connectivity index (χ1) is 12.2. The van der Waals surface area contributed by atoms with Crippen LogP contribution in [-0.4, -0.2) is 24.7 Å². The number of nitrogens with zero attached hydrogens (tertiary/aromatic N) is 4. The molecular weight excluding hydrogens is 310 g/mol. The van der Waals surface area contributed by atoms with Gasteiger partial charge in [-0.15, -0.1) is 0 Å². The van der Waals surface area contributed by atoms with Gasteiger partial charge in [0.1, 0.15) is 5.65 Å². The smallest absolute Gasteiger partial charge is 0.137 e. The molecule has 0 bridgehead atoms. The van der Waals surface area contributed by atoms with E-state index in [2.05, 4.69) is 51.2 Å². The standard InChI is InChI=1S/C20H21N5/c1-14-10-18(24-25(14)2)8-7-17-6-5-15(12-22-17)11-16-13-23-20-19(16)4-3-9-21-20/h3-6,9-10,12-13H,7-8,11H2,1-2H3,(H,21,23). The highest BCUT2D eigenvalue weighted by molar-refractivity contribution is 5.79. The second kappa shape index (κ2) is 6.51. The molecule has 0 aromatic carbocycles. The molecule has 1 N–H and O–H groups in total. The van der Waals surface area contributed by atoms with Crippen molar-refractivity contribution in [2.45, 2.75) is 26.2 Å². The lowest BCUT2D eigenvalue weighted by atomic mass is 10.1. The van der Waals surface area contributed by atoms with Crippen LogP contribution in [0.3, 0.4) is 0 Å². The highest BCUT2D eigenvalue weighted by atomic mass is 15.3. The minimum Gasteiger partial charge on any atom is -0.346 e. The molecule has 0 aliphatic heterocycles. The van der Waals surface area contributed by atoms with Gasteiger partial charge in [-0.25, -0.2) is 4.98 Å². The van der Waals surface area contributed by atoms with Crippen molar-refractivity contribution in [1.29, 1.82) is 0 Å². The molecule has 4 aromatic rings. The molecule has 4 heterocycles. The van der Waals surface area contributed by atoms with Crippen LogP contribution >= 0.6 is 0 Å². The van der Waals surface area contributed by atoms with Gasteiger partial charge in [-0.1, -0.05) is 6.07 Å². The first-order valence-corrected chi connectivity index (χ1v) is 8.53. The lowest BCUT2D eigenvalue weighted by molar-refractivity contribution is 0.715. The van der Waals surface area contributed by atoms with Gasteiger partial charge >= 0.3 is 0 Å². The van der Waals surface area contributed by atoms with E-state index in [0.29, 0.717) is 0 Å². The van der Waals surface area contributed by atoms with E-state index in [1.807, 2.05) is 36.4 Å². The topological polar surface area (TPSA) is 59.4 Å². The van der Waals surface area contributed by atoms with Crippen LogP contribution in [-0.2, 0) is 26.3 Å². The van der Waals surface area contributed by atoms with Crippen molar-refractivity contribution in [3.05, 3.63) is 77.1 Å². The van der Waals surface area contributed by atoms with Crippen LogP contribution < -0.4 is 0 Å². The Hall–Kier alpha value is -2.95. The van der Waals surface area contributed by atoms with Gasteiger partial charge in [0.2, 0.25) is 0 Å². The maximum atomic E-state index is 4.62. The molecule has 0 aliphatic rings. The quantitative estimate of drug-likeness (QED) is 0.610. The maximum absolute atomic E-state index is 4.62. The van der Waals surface area contributed by atoms with Gasteiger partial charge in [-0.3, -0.25) is 9.67 Å². The summed E-state index contributed by atoms with van der Waals surface area (Å²) in [6.07, 6.45) is 8.51. The van der Waals surface area contributed by atoms with Gasteiger partial charge in [-0.2, -0.15) is 5.10 Å². The van der Waals surface area contributed by atoms with Crippen LogP contribution in [0, 0.1) is 6.92 Å². The zero-order valence-corrected chi connectivity index (χ0v) is 14.5. The van der Waals surface area contributed by atoms with E-state index in [9.17, 15) is 0 Å². The summed E-state index contributed by atoms with van der Waals surface area (Å²) in [6, 6.07) is 10.5. The molecule has 0 aliphatic carbocycles. The SMILES string of the molecule is Cc1cc(CCc2ccc(Cc3c[nH]c4ncccc34)cn2)nn1C.